The van der Waals surface area contributed by atoms with Crippen molar-refractivity contribution in [1.82, 2.24) is 4.98 Å². The van der Waals surface area contributed by atoms with E-state index >= 15 is 0 Å². The van der Waals surface area contributed by atoms with E-state index in [2.05, 4.69) is 24.1 Å². The number of aryl methyl sites for hydroxylation is 2. The highest BCUT2D eigenvalue weighted by Crippen LogP contribution is 2.36. The molecule has 82 valence electrons. The number of aromatic nitrogens is 1. The molecular weight excluding hydrogens is 208 g/mol. The maximum atomic E-state index is 5.81. The summed E-state index contributed by atoms with van der Waals surface area (Å²) in [7, 11) is 0. The molecule has 0 aliphatic carbocycles. The Hall–Kier alpha value is -0.610. The van der Waals surface area contributed by atoms with Gasteiger partial charge in [-0.15, -0.1) is 11.3 Å². The Labute approximate surface area is 93.9 Å². The van der Waals surface area contributed by atoms with Crippen LogP contribution in [-0.4, -0.2) is 23.2 Å². The van der Waals surface area contributed by atoms with Gasteiger partial charge in [0.2, 0.25) is 0 Å². The average Bonchev–Trinajstić information content (AvgIpc) is 2.84. The van der Waals surface area contributed by atoms with Crippen molar-refractivity contribution >= 4 is 16.5 Å². The summed E-state index contributed by atoms with van der Waals surface area (Å²) in [6.45, 7) is 4.18. The van der Waals surface area contributed by atoms with Crippen molar-refractivity contribution in [2.24, 2.45) is 0 Å². The van der Waals surface area contributed by atoms with Gasteiger partial charge in [-0.2, -0.15) is 0 Å². The molecule has 3 heterocycles. The van der Waals surface area contributed by atoms with Crippen LogP contribution in [-0.2, 0) is 4.74 Å². The normalized spacial score (nSPS) is 33.6. The lowest BCUT2D eigenvalue weighted by atomic mass is 9.96. The highest BCUT2D eigenvalue weighted by molar-refractivity contribution is 7.15. The number of anilines is 1. The zero-order valence-corrected chi connectivity index (χ0v) is 9.93. The minimum absolute atomic E-state index is 0.430. The fourth-order valence-corrected chi connectivity index (χ4v) is 3.36. The highest BCUT2D eigenvalue weighted by atomic mass is 32.1. The third-order valence-electron chi connectivity index (χ3n) is 3.44. The van der Waals surface area contributed by atoms with E-state index in [0.29, 0.717) is 18.2 Å². The Morgan fingerprint density at radius 1 is 1.40 bits per heavy atom. The number of ether oxygens (including phenoxy) is 1. The van der Waals surface area contributed by atoms with E-state index in [1.165, 1.54) is 17.7 Å². The van der Waals surface area contributed by atoms with Gasteiger partial charge in [0.05, 0.1) is 23.9 Å². The van der Waals surface area contributed by atoms with Gasteiger partial charge in [0, 0.05) is 4.88 Å². The first kappa shape index (κ1) is 9.60. The van der Waals surface area contributed by atoms with Crippen LogP contribution in [0.5, 0.6) is 0 Å². The molecule has 1 aromatic rings. The molecule has 3 atom stereocenters. The minimum atomic E-state index is 0.430. The molecule has 0 amide bonds. The quantitative estimate of drug-likeness (QED) is 0.838. The standard InChI is InChI=1S/C11H16N2OS/c1-6-7(2)15-11(12-6)13-9-5-8-3-4-10(9)14-8/h8-10H,3-5H2,1-2H3,(H,12,13). The van der Waals surface area contributed by atoms with E-state index in [4.69, 9.17) is 4.74 Å². The molecule has 0 radical (unpaired) electrons. The highest BCUT2D eigenvalue weighted by Gasteiger charge is 2.40. The first-order valence-corrected chi connectivity index (χ1v) is 6.40. The van der Waals surface area contributed by atoms with Crippen molar-refractivity contribution in [1.29, 1.82) is 0 Å². The van der Waals surface area contributed by atoms with Gasteiger partial charge in [-0.3, -0.25) is 0 Å². The van der Waals surface area contributed by atoms with Gasteiger partial charge in [-0.25, -0.2) is 4.98 Å². The molecule has 0 aromatic carbocycles. The van der Waals surface area contributed by atoms with Crippen LogP contribution < -0.4 is 5.32 Å². The number of hydrogen-bond acceptors (Lipinski definition) is 4. The number of thiazole rings is 1. The number of fused-ring (bicyclic) bond motifs is 2. The van der Waals surface area contributed by atoms with E-state index < -0.39 is 0 Å². The fraction of sp³-hybridized carbons (Fsp3) is 0.727. The van der Waals surface area contributed by atoms with Crippen LogP contribution in [0.15, 0.2) is 0 Å². The van der Waals surface area contributed by atoms with E-state index in [0.717, 1.165) is 17.2 Å². The predicted octanol–water partition coefficient (Wildman–Crippen LogP) is 2.49. The van der Waals surface area contributed by atoms with Crippen LogP contribution in [0.4, 0.5) is 5.13 Å². The summed E-state index contributed by atoms with van der Waals surface area (Å²) in [6, 6.07) is 0.494. The number of rotatable bonds is 2. The van der Waals surface area contributed by atoms with Crippen LogP contribution >= 0.6 is 11.3 Å². The van der Waals surface area contributed by atoms with E-state index in [9.17, 15) is 0 Å². The van der Waals surface area contributed by atoms with Gasteiger partial charge >= 0.3 is 0 Å². The lowest BCUT2D eigenvalue weighted by Crippen LogP contribution is -2.30. The molecular formula is C11H16N2OS. The van der Waals surface area contributed by atoms with Crippen LogP contribution in [0, 0.1) is 13.8 Å². The summed E-state index contributed by atoms with van der Waals surface area (Å²) in [5, 5.41) is 4.58. The van der Waals surface area contributed by atoms with E-state index in [-0.39, 0.29) is 0 Å². The zero-order valence-electron chi connectivity index (χ0n) is 9.12. The molecule has 3 unspecified atom stereocenters. The molecule has 15 heavy (non-hydrogen) atoms. The van der Waals surface area contributed by atoms with Crippen molar-refractivity contribution in [2.45, 2.75) is 51.4 Å². The van der Waals surface area contributed by atoms with Crippen molar-refractivity contribution in [3.63, 3.8) is 0 Å². The van der Waals surface area contributed by atoms with Gasteiger partial charge in [-0.05, 0) is 33.1 Å². The molecule has 1 aromatic heterocycles. The summed E-state index contributed by atoms with van der Waals surface area (Å²) in [5.74, 6) is 0. The fourth-order valence-electron chi connectivity index (χ4n) is 2.48. The van der Waals surface area contributed by atoms with Gasteiger partial charge in [0.1, 0.15) is 0 Å². The van der Waals surface area contributed by atoms with Gasteiger partial charge in [0.15, 0.2) is 5.13 Å². The predicted molar refractivity (Wildman–Crippen MR) is 61.5 cm³/mol. The van der Waals surface area contributed by atoms with Gasteiger partial charge < -0.3 is 10.1 Å². The van der Waals surface area contributed by atoms with Crippen molar-refractivity contribution in [3.05, 3.63) is 10.6 Å². The second kappa shape index (κ2) is 3.46. The number of nitrogens with one attached hydrogen (secondary N) is 1. The average molecular weight is 224 g/mol. The van der Waals surface area contributed by atoms with Gasteiger partial charge in [0.25, 0.3) is 0 Å². The Morgan fingerprint density at radius 2 is 2.27 bits per heavy atom. The van der Waals surface area contributed by atoms with Crippen LogP contribution in [0.2, 0.25) is 0 Å². The lowest BCUT2D eigenvalue weighted by Gasteiger charge is -2.19. The Kier molecular flexibility index (Phi) is 2.21. The first-order chi connectivity index (χ1) is 7.22. The molecule has 1 N–H and O–H groups in total. The molecule has 2 aliphatic heterocycles. The van der Waals surface area contributed by atoms with Crippen LogP contribution in [0.1, 0.15) is 29.8 Å². The molecule has 2 fully saturated rings. The molecule has 4 heteroatoms. The maximum Gasteiger partial charge on any atom is 0.183 e. The topological polar surface area (TPSA) is 34.2 Å². The molecule has 3 rings (SSSR count). The van der Waals surface area contributed by atoms with Crippen molar-refractivity contribution in [2.75, 3.05) is 5.32 Å². The summed E-state index contributed by atoms with van der Waals surface area (Å²) in [4.78, 5) is 5.82. The first-order valence-electron chi connectivity index (χ1n) is 5.58. The molecule has 2 saturated heterocycles. The minimum Gasteiger partial charge on any atom is -0.373 e. The second-order valence-corrected chi connectivity index (χ2v) is 5.72. The smallest absolute Gasteiger partial charge is 0.183 e. The number of hydrogen-bond donors (Lipinski definition) is 1. The third kappa shape index (κ3) is 1.66. The third-order valence-corrected chi connectivity index (χ3v) is 4.45. The molecule has 3 nitrogen and oxygen atoms in total. The second-order valence-electron chi connectivity index (χ2n) is 4.52. The lowest BCUT2D eigenvalue weighted by molar-refractivity contribution is 0.102. The SMILES string of the molecule is Cc1nc(NC2CC3CCC2O3)sc1C. The maximum absolute atomic E-state index is 5.81. The Morgan fingerprint density at radius 3 is 2.80 bits per heavy atom. The zero-order chi connectivity index (χ0) is 10.4. The monoisotopic (exact) mass is 224 g/mol. The molecule has 2 bridgehead atoms. The largest absolute Gasteiger partial charge is 0.373 e. The number of nitrogens with zero attached hydrogens (tertiary/aromatic N) is 1. The van der Waals surface area contributed by atoms with E-state index in [1.807, 2.05) is 0 Å². The molecule has 2 aliphatic rings. The van der Waals surface area contributed by atoms with Crippen molar-refractivity contribution < 1.29 is 4.74 Å². The van der Waals surface area contributed by atoms with Crippen LogP contribution in [0.25, 0.3) is 0 Å². The summed E-state index contributed by atoms with van der Waals surface area (Å²) in [5.41, 5.74) is 1.14. The summed E-state index contributed by atoms with van der Waals surface area (Å²) >= 11 is 1.75. The van der Waals surface area contributed by atoms with Gasteiger partial charge in [-0.1, -0.05) is 0 Å². The van der Waals surface area contributed by atoms with Crippen LogP contribution in [0.3, 0.4) is 0 Å². The van der Waals surface area contributed by atoms with E-state index in [1.54, 1.807) is 11.3 Å². The summed E-state index contributed by atoms with van der Waals surface area (Å²) < 4.78 is 5.81. The Bertz CT molecular complexity index is 357. The summed E-state index contributed by atoms with van der Waals surface area (Å²) in [6.07, 6.45) is 4.56. The molecule has 0 spiro atoms. The Balaban J connectivity index is 1.70. The van der Waals surface area contributed by atoms with Crippen molar-refractivity contribution in [3.8, 4) is 0 Å². The molecule has 0 saturated carbocycles.